The number of halogens is 1. The Morgan fingerprint density at radius 3 is 2.45 bits per heavy atom. The van der Waals surface area contributed by atoms with Crippen LogP contribution in [0.4, 0.5) is 4.39 Å². The molecule has 1 aliphatic heterocycles. The Hall–Kier alpha value is -2.13. The van der Waals surface area contributed by atoms with Crippen LogP contribution in [0.15, 0.2) is 59.5 Å². The first-order valence-corrected chi connectivity index (χ1v) is 7.09. The molecule has 3 aromatic rings. The fourth-order valence-electron chi connectivity index (χ4n) is 2.67. The maximum atomic E-state index is 13.1. The van der Waals surface area contributed by atoms with Gasteiger partial charge in [0.05, 0.1) is 0 Å². The highest BCUT2D eigenvalue weighted by atomic mass is 32.2. The molecule has 1 aliphatic rings. The van der Waals surface area contributed by atoms with Gasteiger partial charge in [-0.1, -0.05) is 30.3 Å². The summed E-state index contributed by atoms with van der Waals surface area (Å²) >= 11 is 1.28. The molecule has 0 spiro atoms. The van der Waals surface area contributed by atoms with Crippen LogP contribution in [0.1, 0.15) is 10.4 Å². The smallest absolute Gasteiger partial charge is 0.224 e. The van der Waals surface area contributed by atoms with Crippen molar-refractivity contribution < 1.29 is 9.18 Å². The van der Waals surface area contributed by atoms with Gasteiger partial charge in [0.15, 0.2) is 0 Å². The minimum atomic E-state index is -0.245. The number of carbonyl (C=O) groups excluding carboxylic acids is 1. The van der Waals surface area contributed by atoms with Crippen molar-refractivity contribution in [3.05, 3.63) is 66.0 Å². The monoisotopic (exact) mass is 280 g/mol. The summed E-state index contributed by atoms with van der Waals surface area (Å²) in [6.45, 7) is 0. The summed E-state index contributed by atoms with van der Waals surface area (Å²) < 4.78 is 13.1. The second-order valence-electron chi connectivity index (χ2n) is 4.74. The largest absolute Gasteiger partial charge is 0.281 e. The molecule has 0 atom stereocenters. The third kappa shape index (κ3) is 1.60. The van der Waals surface area contributed by atoms with Crippen molar-refractivity contribution in [1.82, 2.24) is 0 Å². The number of hydrogen-bond donors (Lipinski definition) is 0. The molecule has 0 amide bonds. The average molecular weight is 280 g/mol. The Kier molecular flexibility index (Phi) is 2.44. The normalized spacial score (nSPS) is 13.2. The Labute approximate surface area is 119 Å². The molecule has 4 rings (SSSR count). The Morgan fingerprint density at radius 2 is 1.65 bits per heavy atom. The molecule has 20 heavy (non-hydrogen) atoms. The molecule has 3 aromatic carbocycles. The van der Waals surface area contributed by atoms with E-state index in [0.717, 1.165) is 32.4 Å². The third-order valence-corrected chi connectivity index (χ3v) is 4.55. The summed E-state index contributed by atoms with van der Waals surface area (Å²) in [6, 6.07) is 16.2. The molecule has 0 radical (unpaired) electrons. The van der Waals surface area contributed by atoms with Crippen LogP contribution in [0.3, 0.4) is 0 Å². The second-order valence-corrected chi connectivity index (χ2v) is 5.75. The van der Waals surface area contributed by atoms with Crippen LogP contribution in [0.5, 0.6) is 0 Å². The Morgan fingerprint density at radius 1 is 0.850 bits per heavy atom. The average Bonchev–Trinajstić information content (AvgIpc) is 2.79. The van der Waals surface area contributed by atoms with E-state index in [0.29, 0.717) is 0 Å². The van der Waals surface area contributed by atoms with Gasteiger partial charge in [-0.05, 0) is 52.5 Å². The third-order valence-electron chi connectivity index (χ3n) is 3.58. The molecule has 0 saturated carbocycles. The zero-order valence-corrected chi connectivity index (χ0v) is 11.2. The van der Waals surface area contributed by atoms with Crippen molar-refractivity contribution in [3.8, 4) is 11.1 Å². The Balaban J connectivity index is 2.05. The van der Waals surface area contributed by atoms with Gasteiger partial charge in [0, 0.05) is 15.8 Å². The highest BCUT2D eigenvalue weighted by Gasteiger charge is 2.23. The summed E-state index contributed by atoms with van der Waals surface area (Å²) in [5.41, 5.74) is 2.76. The van der Waals surface area contributed by atoms with Crippen LogP contribution in [0.2, 0.25) is 0 Å². The number of hydrogen-bond acceptors (Lipinski definition) is 2. The van der Waals surface area contributed by atoms with Crippen molar-refractivity contribution in [3.63, 3.8) is 0 Å². The highest BCUT2D eigenvalue weighted by molar-refractivity contribution is 8.14. The fraction of sp³-hybridized carbons (Fsp3) is 0. The molecule has 1 heterocycles. The molecule has 0 aromatic heterocycles. The van der Waals surface area contributed by atoms with Gasteiger partial charge in [-0.2, -0.15) is 0 Å². The van der Waals surface area contributed by atoms with Crippen molar-refractivity contribution in [2.24, 2.45) is 0 Å². The standard InChI is InChI=1S/C17H9FOS/c18-11-6-4-10(5-7-11)12-8-9-15-16-13(12)2-1-3-14(16)17(19)20-15/h1-9H. The zero-order chi connectivity index (χ0) is 13.7. The van der Waals surface area contributed by atoms with E-state index >= 15 is 0 Å². The van der Waals surface area contributed by atoms with E-state index in [1.807, 2.05) is 30.3 Å². The highest BCUT2D eigenvalue weighted by Crippen LogP contribution is 2.43. The number of carbonyl (C=O) groups is 1. The van der Waals surface area contributed by atoms with E-state index in [9.17, 15) is 9.18 Å². The predicted octanol–water partition coefficient (Wildman–Crippen LogP) is 4.89. The van der Waals surface area contributed by atoms with E-state index in [1.54, 1.807) is 12.1 Å². The van der Waals surface area contributed by atoms with E-state index in [1.165, 1.54) is 23.9 Å². The van der Waals surface area contributed by atoms with Gasteiger partial charge in [-0.25, -0.2) is 4.39 Å². The lowest BCUT2D eigenvalue weighted by Crippen LogP contribution is -1.87. The molecule has 96 valence electrons. The molecule has 0 saturated heterocycles. The molecule has 0 fully saturated rings. The first kappa shape index (κ1) is 11.7. The minimum absolute atomic E-state index is 0.0989. The number of thioether (sulfide) groups is 1. The Bertz CT molecular complexity index is 853. The SMILES string of the molecule is O=C1Sc2ccc(-c3ccc(F)cc3)c3cccc1c23. The number of benzene rings is 3. The van der Waals surface area contributed by atoms with Crippen molar-refractivity contribution in [1.29, 1.82) is 0 Å². The van der Waals surface area contributed by atoms with Gasteiger partial charge in [0.25, 0.3) is 0 Å². The van der Waals surface area contributed by atoms with Crippen molar-refractivity contribution in [2.75, 3.05) is 0 Å². The first-order chi connectivity index (χ1) is 9.74. The number of rotatable bonds is 1. The molecule has 0 bridgehead atoms. The summed E-state index contributed by atoms with van der Waals surface area (Å²) in [7, 11) is 0. The summed E-state index contributed by atoms with van der Waals surface area (Å²) in [5.74, 6) is -0.245. The summed E-state index contributed by atoms with van der Waals surface area (Å²) in [5, 5.41) is 2.16. The molecule has 3 heteroatoms. The van der Waals surface area contributed by atoms with Gasteiger partial charge in [-0.15, -0.1) is 0 Å². The van der Waals surface area contributed by atoms with Gasteiger partial charge in [0.2, 0.25) is 5.12 Å². The quantitative estimate of drug-likeness (QED) is 0.631. The first-order valence-electron chi connectivity index (χ1n) is 6.28. The van der Waals surface area contributed by atoms with E-state index < -0.39 is 0 Å². The summed E-state index contributed by atoms with van der Waals surface area (Å²) in [4.78, 5) is 13.0. The summed E-state index contributed by atoms with van der Waals surface area (Å²) in [6.07, 6.45) is 0. The molecule has 0 unspecified atom stereocenters. The molecule has 0 N–H and O–H groups in total. The topological polar surface area (TPSA) is 17.1 Å². The van der Waals surface area contributed by atoms with Gasteiger partial charge in [0.1, 0.15) is 5.82 Å². The van der Waals surface area contributed by atoms with Crippen LogP contribution in [0.25, 0.3) is 21.9 Å². The van der Waals surface area contributed by atoms with Crippen LogP contribution in [-0.2, 0) is 0 Å². The lowest BCUT2D eigenvalue weighted by molar-refractivity contribution is 0.109. The lowest BCUT2D eigenvalue weighted by Gasteiger charge is -2.08. The fourth-order valence-corrected chi connectivity index (χ4v) is 3.60. The van der Waals surface area contributed by atoms with Crippen LogP contribution in [-0.4, -0.2) is 5.12 Å². The van der Waals surface area contributed by atoms with Crippen LogP contribution < -0.4 is 0 Å². The maximum absolute atomic E-state index is 13.1. The van der Waals surface area contributed by atoms with Gasteiger partial charge >= 0.3 is 0 Å². The molecular weight excluding hydrogens is 271 g/mol. The van der Waals surface area contributed by atoms with E-state index in [-0.39, 0.29) is 10.9 Å². The predicted molar refractivity (Wildman–Crippen MR) is 79.5 cm³/mol. The lowest BCUT2D eigenvalue weighted by atomic mass is 9.96. The van der Waals surface area contributed by atoms with E-state index in [2.05, 4.69) is 0 Å². The zero-order valence-electron chi connectivity index (χ0n) is 10.4. The minimum Gasteiger partial charge on any atom is -0.281 e. The van der Waals surface area contributed by atoms with Crippen molar-refractivity contribution >= 4 is 27.6 Å². The maximum Gasteiger partial charge on any atom is 0.224 e. The molecule has 0 aliphatic carbocycles. The van der Waals surface area contributed by atoms with Crippen LogP contribution in [0, 0.1) is 5.82 Å². The van der Waals surface area contributed by atoms with Crippen molar-refractivity contribution in [2.45, 2.75) is 4.90 Å². The molecular formula is C17H9FOS. The van der Waals surface area contributed by atoms with Gasteiger partial charge < -0.3 is 0 Å². The van der Waals surface area contributed by atoms with Gasteiger partial charge in [-0.3, -0.25) is 4.79 Å². The van der Waals surface area contributed by atoms with Crippen LogP contribution >= 0.6 is 11.8 Å². The second kappa shape index (κ2) is 4.18. The molecule has 1 nitrogen and oxygen atoms in total. The van der Waals surface area contributed by atoms with E-state index in [4.69, 9.17) is 0 Å².